The second-order valence-corrected chi connectivity index (χ2v) is 4.20. The minimum absolute atomic E-state index is 0. The Kier molecular flexibility index (Phi) is 5.79. The average Bonchev–Trinajstić information content (AvgIpc) is 2.44. The summed E-state index contributed by atoms with van der Waals surface area (Å²) in [4.78, 5) is 13.4. The van der Waals surface area contributed by atoms with Crippen LogP contribution < -0.4 is 5.73 Å². The number of benzene rings is 1. The van der Waals surface area contributed by atoms with Gasteiger partial charge in [0.25, 0.3) is 5.91 Å². The number of amides is 1. The van der Waals surface area contributed by atoms with Crippen molar-refractivity contribution in [3.63, 3.8) is 0 Å². The van der Waals surface area contributed by atoms with Crippen LogP contribution in [0.2, 0.25) is 0 Å². The summed E-state index contributed by atoms with van der Waals surface area (Å²) in [6, 6.07) is 1.66. The van der Waals surface area contributed by atoms with Gasteiger partial charge in [0.1, 0.15) is 0 Å². The molecule has 1 heterocycles. The number of morpholine rings is 1. The lowest BCUT2D eigenvalue weighted by Crippen LogP contribution is -2.48. The molecule has 2 rings (SSSR count). The number of hydrogen-bond acceptors (Lipinski definition) is 3. The van der Waals surface area contributed by atoms with Gasteiger partial charge in [0.15, 0.2) is 17.5 Å². The number of rotatable bonds is 2. The number of nitrogens with two attached hydrogens (primary N) is 1. The zero-order chi connectivity index (χ0) is 14.0. The Morgan fingerprint density at radius 2 is 2.05 bits per heavy atom. The Morgan fingerprint density at radius 1 is 1.35 bits per heavy atom. The molecule has 0 aliphatic carbocycles. The second kappa shape index (κ2) is 6.92. The van der Waals surface area contributed by atoms with Crippen LogP contribution in [0, 0.1) is 17.5 Å². The van der Waals surface area contributed by atoms with E-state index in [1.165, 1.54) is 4.90 Å². The quantitative estimate of drug-likeness (QED) is 0.838. The number of nitrogens with zero attached hydrogens (tertiary/aromatic N) is 1. The lowest BCUT2D eigenvalue weighted by Gasteiger charge is -2.32. The van der Waals surface area contributed by atoms with E-state index in [2.05, 4.69) is 0 Å². The van der Waals surface area contributed by atoms with Crippen molar-refractivity contribution >= 4 is 18.3 Å². The van der Waals surface area contributed by atoms with E-state index in [0.717, 1.165) is 12.1 Å². The minimum Gasteiger partial charge on any atom is -0.373 e. The number of carbonyl (C=O) groups is 1. The van der Waals surface area contributed by atoms with Crippen LogP contribution in [0.3, 0.4) is 0 Å². The van der Waals surface area contributed by atoms with Gasteiger partial charge >= 0.3 is 0 Å². The highest BCUT2D eigenvalue weighted by atomic mass is 35.5. The molecule has 0 aromatic heterocycles. The van der Waals surface area contributed by atoms with E-state index in [1.807, 2.05) is 0 Å². The van der Waals surface area contributed by atoms with Crippen LogP contribution in [0.25, 0.3) is 0 Å². The standard InChI is InChI=1S/C12H13F3N2O2.ClH/c13-9-2-1-8(10(14)11(9)15)12(18)17-3-4-19-7(5-16)6-17;/h1-2,7H,3-6,16H2;1H. The van der Waals surface area contributed by atoms with Crippen molar-refractivity contribution in [2.45, 2.75) is 6.10 Å². The SMILES string of the molecule is Cl.NCC1CN(C(=O)c2ccc(F)c(F)c2F)CCO1. The summed E-state index contributed by atoms with van der Waals surface area (Å²) in [5.41, 5.74) is 4.94. The number of ether oxygens (including phenoxy) is 1. The van der Waals surface area contributed by atoms with Crippen LogP contribution >= 0.6 is 12.4 Å². The second-order valence-electron chi connectivity index (χ2n) is 4.20. The zero-order valence-electron chi connectivity index (χ0n) is 10.4. The molecule has 1 amide bonds. The maximum absolute atomic E-state index is 13.5. The van der Waals surface area contributed by atoms with Crippen LogP contribution in [0.1, 0.15) is 10.4 Å². The van der Waals surface area contributed by atoms with Gasteiger partial charge in [-0.2, -0.15) is 0 Å². The van der Waals surface area contributed by atoms with Gasteiger partial charge in [0.05, 0.1) is 18.3 Å². The molecule has 1 atom stereocenters. The molecule has 1 fully saturated rings. The molecule has 1 unspecified atom stereocenters. The summed E-state index contributed by atoms with van der Waals surface area (Å²) in [5.74, 6) is -5.13. The van der Waals surface area contributed by atoms with Crippen molar-refractivity contribution in [1.29, 1.82) is 0 Å². The Bertz CT molecular complexity index is 502. The van der Waals surface area contributed by atoms with Crippen molar-refractivity contribution in [2.75, 3.05) is 26.2 Å². The molecule has 1 aromatic carbocycles. The molecule has 8 heteroatoms. The molecule has 1 saturated heterocycles. The molecule has 4 nitrogen and oxygen atoms in total. The summed E-state index contributed by atoms with van der Waals surface area (Å²) in [5, 5.41) is 0. The third-order valence-electron chi connectivity index (χ3n) is 2.95. The molecule has 2 N–H and O–H groups in total. The van der Waals surface area contributed by atoms with E-state index in [9.17, 15) is 18.0 Å². The van der Waals surface area contributed by atoms with Gasteiger partial charge < -0.3 is 15.4 Å². The largest absolute Gasteiger partial charge is 0.373 e. The van der Waals surface area contributed by atoms with Crippen LogP contribution in [-0.4, -0.2) is 43.2 Å². The maximum Gasteiger partial charge on any atom is 0.257 e. The maximum atomic E-state index is 13.5. The van der Waals surface area contributed by atoms with Gasteiger partial charge in [0, 0.05) is 19.6 Å². The van der Waals surface area contributed by atoms with Crippen LogP contribution in [0.5, 0.6) is 0 Å². The van der Waals surface area contributed by atoms with E-state index >= 15 is 0 Å². The highest BCUT2D eigenvalue weighted by molar-refractivity contribution is 5.94. The summed E-state index contributed by atoms with van der Waals surface area (Å²) in [6.45, 7) is 0.963. The lowest BCUT2D eigenvalue weighted by atomic mass is 10.1. The van der Waals surface area contributed by atoms with Crippen LogP contribution in [-0.2, 0) is 4.74 Å². The molecular weight excluding hydrogens is 297 g/mol. The normalized spacial score (nSPS) is 18.6. The molecule has 1 aromatic rings. The predicted octanol–water partition coefficient (Wildman–Crippen LogP) is 1.33. The van der Waals surface area contributed by atoms with Crippen LogP contribution in [0.15, 0.2) is 12.1 Å². The third-order valence-corrected chi connectivity index (χ3v) is 2.95. The zero-order valence-corrected chi connectivity index (χ0v) is 11.3. The highest BCUT2D eigenvalue weighted by Crippen LogP contribution is 2.18. The fourth-order valence-electron chi connectivity index (χ4n) is 1.91. The highest BCUT2D eigenvalue weighted by Gasteiger charge is 2.27. The summed E-state index contributed by atoms with van der Waals surface area (Å²) in [6.07, 6.45) is -0.328. The van der Waals surface area contributed by atoms with Crippen molar-refractivity contribution in [1.82, 2.24) is 4.90 Å². The smallest absolute Gasteiger partial charge is 0.257 e. The number of halogens is 4. The number of hydrogen-bond donors (Lipinski definition) is 1. The summed E-state index contributed by atoms with van der Waals surface area (Å²) >= 11 is 0. The molecule has 0 saturated carbocycles. The third kappa shape index (κ3) is 3.23. The van der Waals surface area contributed by atoms with E-state index < -0.39 is 28.9 Å². The molecule has 0 spiro atoms. The van der Waals surface area contributed by atoms with Crippen molar-refractivity contribution < 1.29 is 22.7 Å². The molecule has 1 aliphatic rings. The van der Waals surface area contributed by atoms with Gasteiger partial charge in [0.2, 0.25) is 0 Å². The Hall–Kier alpha value is -1.31. The number of carbonyl (C=O) groups excluding carboxylic acids is 1. The predicted molar refractivity (Wildman–Crippen MR) is 68.3 cm³/mol. The molecule has 0 radical (unpaired) electrons. The van der Waals surface area contributed by atoms with Gasteiger partial charge in [-0.1, -0.05) is 0 Å². The Labute approximate surface area is 120 Å². The first-order valence-electron chi connectivity index (χ1n) is 5.79. The minimum atomic E-state index is -1.64. The molecule has 1 aliphatic heterocycles. The molecular formula is C12H14ClF3N2O2. The van der Waals surface area contributed by atoms with Crippen molar-refractivity contribution in [3.05, 3.63) is 35.1 Å². The summed E-state index contributed by atoms with van der Waals surface area (Å²) < 4.78 is 44.7. The van der Waals surface area contributed by atoms with Gasteiger partial charge in [-0.25, -0.2) is 13.2 Å². The van der Waals surface area contributed by atoms with Gasteiger partial charge in [-0.3, -0.25) is 4.79 Å². The van der Waals surface area contributed by atoms with Crippen LogP contribution in [0.4, 0.5) is 13.2 Å². The van der Waals surface area contributed by atoms with E-state index in [-0.39, 0.29) is 44.8 Å². The Balaban J connectivity index is 0.00000200. The topological polar surface area (TPSA) is 55.6 Å². The lowest BCUT2D eigenvalue weighted by molar-refractivity contribution is -0.0169. The van der Waals surface area contributed by atoms with Crippen molar-refractivity contribution in [2.24, 2.45) is 5.73 Å². The van der Waals surface area contributed by atoms with Crippen molar-refractivity contribution in [3.8, 4) is 0 Å². The Morgan fingerprint density at radius 3 is 2.70 bits per heavy atom. The molecule has 112 valence electrons. The molecule has 20 heavy (non-hydrogen) atoms. The average molecular weight is 311 g/mol. The monoisotopic (exact) mass is 310 g/mol. The fourth-order valence-corrected chi connectivity index (χ4v) is 1.91. The van der Waals surface area contributed by atoms with E-state index in [4.69, 9.17) is 10.5 Å². The first-order valence-corrected chi connectivity index (χ1v) is 5.79. The van der Waals surface area contributed by atoms with Gasteiger partial charge in [-0.15, -0.1) is 12.4 Å². The first-order chi connectivity index (χ1) is 9.04. The van der Waals surface area contributed by atoms with Gasteiger partial charge in [-0.05, 0) is 12.1 Å². The first kappa shape index (κ1) is 16.7. The fraction of sp³-hybridized carbons (Fsp3) is 0.417. The van der Waals surface area contributed by atoms with E-state index in [0.29, 0.717) is 0 Å². The summed E-state index contributed by atoms with van der Waals surface area (Å²) in [7, 11) is 0. The molecule has 0 bridgehead atoms. The van der Waals surface area contributed by atoms with E-state index in [1.54, 1.807) is 0 Å².